The van der Waals surface area contributed by atoms with Crippen molar-refractivity contribution in [3.8, 4) is 0 Å². The Kier molecular flexibility index (Phi) is 5.09. The van der Waals surface area contributed by atoms with Gasteiger partial charge in [0.2, 0.25) is 0 Å². The first-order valence-corrected chi connectivity index (χ1v) is 9.97. The summed E-state index contributed by atoms with van der Waals surface area (Å²) in [5.74, 6) is -0.547. The highest BCUT2D eigenvalue weighted by molar-refractivity contribution is 7.93. The van der Waals surface area contributed by atoms with Gasteiger partial charge < -0.3 is 15.2 Å². The van der Waals surface area contributed by atoms with Gasteiger partial charge in [0.15, 0.2) is 0 Å². The van der Waals surface area contributed by atoms with E-state index in [0.29, 0.717) is 5.69 Å². The Morgan fingerprint density at radius 1 is 1.24 bits per heavy atom. The Balaban J connectivity index is 1.79. The predicted molar refractivity (Wildman–Crippen MR) is 94.4 cm³/mol. The first-order valence-electron chi connectivity index (χ1n) is 7.60. The van der Waals surface area contributed by atoms with E-state index < -0.39 is 28.1 Å². The molecule has 3 N–H and O–H groups in total. The minimum atomic E-state index is -3.90. The van der Waals surface area contributed by atoms with Crippen molar-refractivity contribution in [1.82, 2.24) is 5.32 Å². The van der Waals surface area contributed by atoms with Crippen LogP contribution < -0.4 is 10.0 Å². The molecule has 1 saturated heterocycles. The van der Waals surface area contributed by atoms with E-state index in [-0.39, 0.29) is 23.0 Å². The number of ether oxygens (including phenoxy) is 1. The normalized spacial score (nSPS) is 20.4. The number of rotatable bonds is 5. The van der Waals surface area contributed by atoms with Crippen LogP contribution in [0, 0.1) is 6.92 Å². The van der Waals surface area contributed by atoms with Crippen LogP contribution >= 0.6 is 11.3 Å². The molecule has 2 atom stereocenters. The van der Waals surface area contributed by atoms with E-state index in [0.717, 1.165) is 16.9 Å². The van der Waals surface area contributed by atoms with Gasteiger partial charge in [0.25, 0.3) is 15.9 Å². The minimum absolute atomic E-state index is 0.0683. The lowest BCUT2D eigenvalue weighted by Gasteiger charge is -2.15. The van der Waals surface area contributed by atoms with Gasteiger partial charge in [0.05, 0.1) is 25.4 Å². The van der Waals surface area contributed by atoms with Gasteiger partial charge in [-0.1, -0.05) is 17.7 Å². The molecule has 25 heavy (non-hydrogen) atoms. The van der Waals surface area contributed by atoms with Gasteiger partial charge in [0.1, 0.15) is 9.77 Å². The van der Waals surface area contributed by atoms with Crippen LogP contribution in [0.4, 0.5) is 5.69 Å². The maximum Gasteiger partial charge on any atom is 0.263 e. The number of sulfonamides is 1. The van der Waals surface area contributed by atoms with Crippen molar-refractivity contribution >= 4 is 33.0 Å². The quantitative estimate of drug-likeness (QED) is 0.724. The molecule has 9 heteroatoms. The smallest absolute Gasteiger partial charge is 0.263 e. The first-order chi connectivity index (χ1) is 11.9. The zero-order chi connectivity index (χ0) is 18.0. The van der Waals surface area contributed by atoms with E-state index in [1.54, 1.807) is 29.6 Å². The summed E-state index contributed by atoms with van der Waals surface area (Å²) in [5.41, 5.74) is 1.43. The number of nitrogens with one attached hydrogen (secondary N) is 2. The lowest BCUT2D eigenvalue weighted by Crippen LogP contribution is -2.42. The highest BCUT2D eigenvalue weighted by atomic mass is 32.2. The molecule has 0 unspecified atom stereocenters. The van der Waals surface area contributed by atoms with Crippen LogP contribution in [0.5, 0.6) is 0 Å². The summed E-state index contributed by atoms with van der Waals surface area (Å²) in [6.07, 6.45) is -0.797. The Labute approximate surface area is 149 Å². The average molecular weight is 382 g/mol. The molecule has 1 fully saturated rings. The van der Waals surface area contributed by atoms with Crippen molar-refractivity contribution in [2.24, 2.45) is 0 Å². The lowest BCUT2D eigenvalue weighted by molar-refractivity contribution is 0.0887. The van der Waals surface area contributed by atoms with Crippen molar-refractivity contribution in [3.63, 3.8) is 0 Å². The molecule has 134 valence electrons. The second-order valence-electron chi connectivity index (χ2n) is 5.77. The maximum absolute atomic E-state index is 12.6. The molecule has 0 aliphatic carbocycles. The molecule has 1 aliphatic heterocycles. The average Bonchev–Trinajstić information content (AvgIpc) is 3.19. The monoisotopic (exact) mass is 382 g/mol. The third kappa shape index (κ3) is 4.01. The van der Waals surface area contributed by atoms with Crippen molar-refractivity contribution in [3.05, 3.63) is 46.2 Å². The summed E-state index contributed by atoms with van der Waals surface area (Å²) in [6.45, 7) is 2.25. The van der Waals surface area contributed by atoms with Crippen LogP contribution in [0.2, 0.25) is 0 Å². The number of hydrogen-bond acceptors (Lipinski definition) is 6. The number of hydrogen-bond donors (Lipinski definition) is 3. The molecule has 7 nitrogen and oxygen atoms in total. The SMILES string of the molecule is Cc1ccc(NS(=O)(=O)c2ccsc2C(=O)N[C@@H]2COC[C@H]2O)cc1. The standard InChI is InChI=1S/C16H18N2O5S2/c1-10-2-4-11(5-3-10)18-25(21,22)14-6-7-24-15(14)16(20)17-12-8-23-9-13(12)19/h2-7,12-13,18-19H,8-9H2,1H3,(H,17,20)/t12-,13-/m1/s1. The molecule has 0 radical (unpaired) electrons. The molecule has 2 heterocycles. The van der Waals surface area contributed by atoms with Gasteiger partial charge in [0, 0.05) is 5.69 Å². The molecular formula is C16H18N2O5S2. The topological polar surface area (TPSA) is 105 Å². The Hall–Kier alpha value is -1.94. The number of thiophene rings is 1. The molecule has 1 aromatic heterocycles. The van der Waals surface area contributed by atoms with Crippen LogP contribution in [0.25, 0.3) is 0 Å². The summed E-state index contributed by atoms with van der Waals surface area (Å²) >= 11 is 1.03. The number of carbonyl (C=O) groups excluding carboxylic acids is 1. The number of benzene rings is 1. The number of aliphatic hydroxyl groups is 1. The summed E-state index contributed by atoms with van der Waals surface area (Å²) in [4.78, 5) is 12.4. The summed E-state index contributed by atoms with van der Waals surface area (Å²) in [7, 11) is -3.90. The minimum Gasteiger partial charge on any atom is -0.388 e. The largest absolute Gasteiger partial charge is 0.388 e. The highest BCUT2D eigenvalue weighted by Gasteiger charge is 2.30. The second kappa shape index (κ2) is 7.12. The number of amides is 1. The molecular weight excluding hydrogens is 364 g/mol. The van der Waals surface area contributed by atoms with Crippen LogP contribution in [0.3, 0.4) is 0 Å². The van der Waals surface area contributed by atoms with Gasteiger partial charge in [-0.25, -0.2) is 8.42 Å². The predicted octanol–water partition coefficient (Wildman–Crippen LogP) is 1.35. The van der Waals surface area contributed by atoms with E-state index in [2.05, 4.69) is 10.0 Å². The van der Waals surface area contributed by atoms with Gasteiger partial charge in [-0.2, -0.15) is 0 Å². The van der Waals surface area contributed by atoms with Crippen LogP contribution in [-0.2, 0) is 14.8 Å². The van der Waals surface area contributed by atoms with Crippen molar-refractivity contribution in [2.75, 3.05) is 17.9 Å². The van der Waals surface area contributed by atoms with E-state index in [1.807, 2.05) is 6.92 Å². The Morgan fingerprint density at radius 3 is 2.60 bits per heavy atom. The zero-order valence-corrected chi connectivity index (χ0v) is 15.1. The molecule has 0 spiro atoms. The van der Waals surface area contributed by atoms with Crippen molar-refractivity contribution in [1.29, 1.82) is 0 Å². The molecule has 1 aliphatic rings. The van der Waals surface area contributed by atoms with Gasteiger partial charge in [-0.05, 0) is 30.5 Å². The number of anilines is 1. The molecule has 3 rings (SSSR count). The third-order valence-corrected chi connectivity index (χ3v) is 6.26. The summed E-state index contributed by atoms with van der Waals surface area (Å²) in [6, 6.07) is 7.74. The Morgan fingerprint density at radius 2 is 1.96 bits per heavy atom. The van der Waals surface area contributed by atoms with Crippen LogP contribution in [0.1, 0.15) is 15.2 Å². The highest BCUT2D eigenvalue weighted by Crippen LogP contribution is 2.25. The summed E-state index contributed by atoms with van der Waals surface area (Å²) in [5, 5.41) is 13.9. The lowest BCUT2D eigenvalue weighted by atomic mass is 10.2. The first kappa shape index (κ1) is 17.9. The van der Waals surface area contributed by atoms with Crippen LogP contribution in [-0.4, -0.2) is 44.8 Å². The van der Waals surface area contributed by atoms with Gasteiger partial charge >= 0.3 is 0 Å². The van der Waals surface area contributed by atoms with Gasteiger partial charge in [-0.15, -0.1) is 11.3 Å². The fourth-order valence-corrected chi connectivity index (χ4v) is 4.81. The zero-order valence-electron chi connectivity index (χ0n) is 13.4. The molecule has 2 aromatic rings. The molecule has 1 aromatic carbocycles. The van der Waals surface area contributed by atoms with Crippen molar-refractivity contribution in [2.45, 2.75) is 24.0 Å². The number of aryl methyl sites for hydroxylation is 1. The fourth-order valence-electron chi connectivity index (χ4n) is 2.42. The Bertz CT molecular complexity index is 861. The van der Waals surface area contributed by atoms with E-state index >= 15 is 0 Å². The van der Waals surface area contributed by atoms with E-state index in [1.165, 1.54) is 6.07 Å². The van der Waals surface area contributed by atoms with Crippen molar-refractivity contribution < 1.29 is 23.1 Å². The summed E-state index contributed by atoms with van der Waals surface area (Å²) < 4.78 is 32.8. The van der Waals surface area contributed by atoms with E-state index in [4.69, 9.17) is 4.74 Å². The maximum atomic E-state index is 12.6. The number of carbonyl (C=O) groups is 1. The molecule has 0 bridgehead atoms. The molecule has 0 saturated carbocycles. The van der Waals surface area contributed by atoms with Crippen LogP contribution in [0.15, 0.2) is 40.6 Å². The van der Waals surface area contributed by atoms with E-state index in [9.17, 15) is 18.3 Å². The third-order valence-electron chi connectivity index (χ3n) is 3.80. The second-order valence-corrected chi connectivity index (χ2v) is 8.34. The fraction of sp³-hybridized carbons (Fsp3) is 0.312. The van der Waals surface area contributed by atoms with Gasteiger partial charge in [-0.3, -0.25) is 9.52 Å². The number of aliphatic hydroxyl groups excluding tert-OH is 1. The molecule has 1 amide bonds.